The van der Waals surface area contributed by atoms with E-state index >= 15 is 0 Å². The number of nitrogens with zero attached hydrogens (tertiary/aromatic N) is 3. The molecular formula is C23H19N5O4. The van der Waals surface area contributed by atoms with E-state index in [1.807, 2.05) is 13.0 Å². The fraction of sp³-hybridized carbons (Fsp3) is 0.0870. The third-order valence-electron chi connectivity index (χ3n) is 5.23. The Morgan fingerprint density at radius 3 is 2.75 bits per heavy atom. The molecular weight excluding hydrogens is 410 g/mol. The molecule has 32 heavy (non-hydrogen) atoms. The Bertz CT molecular complexity index is 1540. The highest BCUT2D eigenvalue weighted by Crippen LogP contribution is 2.37. The molecule has 0 atom stereocenters. The average molecular weight is 429 g/mol. The summed E-state index contributed by atoms with van der Waals surface area (Å²) in [5, 5.41) is 15.3. The Kier molecular flexibility index (Phi) is 4.44. The normalized spacial score (nSPS) is 11.2. The predicted molar refractivity (Wildman–Crippen MR) is 121 cm³/mol. The van der Waals surface area contributed by atoms with Crippen LogP contribution in [0.25, 0.3) is 27.5 Å². The molecule has 0 radical (unpaired) electrons. The molecule has 9 heteroatoms. The van der Waals surface area contributed by atoms with Crippen LogP contribution in [0.2, 0.25) is 0 Å². The SMILES string of the molecule is COc1cc(-n2nc3c(c2N)c(=O)[nH]c2cc(O)ccc23)c(C)cc1Oc1cccnc1. The van der Waals surface area contributed by atoms with Crippen molar-refractivity contribution in [3.63, 3.8) is 0 Å². The lowest BCUT2D eigenvalue weighted by Gasteiger charge is -2.15. The number of ether oxygens (including phenoxy) is 2. The van der Waals surface area contributed by atoms with Crippen LogP contribution in [0.15, 0.2) is 59.7 Å². The molecule has 0 saturated heterocycles. The van der Waals surface area contributed by atoms with Crippen molar-refractivity contribution in [3.8, 4) is 28.7 Å². The van der Waals surface area contributed by atoms with Crippen molar-refractivity contribution < 1.29 is 14.6 Å². The second-order valence-corrected chi connectivity index (χ2v) is 7.29. The van der Waals surface area contributed by atoms with Crippen molar-refractivity contribution >= 4 is 27.6 Å². The minimum Gasteiger partial charge on any atom is -0.508 e. The van der Waals surface area contributed by atoms with Crippen molar-refractivity contribution in [3.05, 3.63) is 70.8 Å². The fourth-order valence-electron chi connectivity index (χ4n) is 3.71. The summed E-state index contributed by atoms with van der Waals surface area (Å²) in [5.41, 5.74) is 8.34. The molecule has 9 nitrogen and oxygen atoms in total. The molecule has 160 valence electrons. The Labute approximate surface area is 181 Å². The first-order valence-corrected chi connectivity index (χ1v) is 9.76. The van der Waals surface area contributed by atoms with Gasteiger partial charge in [-0.15, -0.1) is 0 Å². The largest absolute Gasteiger partial charge is 0.508 e. The number of phenols is 1. The quantitative estimate of drug-likeness (QED) is 0.398. The number of pyridine rings is 2. The van der Waals surface area contributed by atoms with Gasteiger partial charge in [-0.05, 0) is 42.8 Å². The van der Waals surface area contributed by atoms with Crippen LogP contribution in [0.5, 0.6) is 23.0 Å². The number of rotatable bonds is 4. The van der Waals surface area contributed by atoms with Gasteiger partial charge in [0.05, 0.1) is 24.5 Å². The zero-order valence-electron chi connectivity index (χ0n) is 17.3. The van der Waals surface area contributed by atoms with Gasteiger partial charge in [0, 0.05) is 23.7 Å². The highest BCUT2D eigenvalue weighted by atomic mass is 16.5. The third kappa shape index (κ3) is 3.07. The van der Waals surface area contributed by atoms with Gasteiger partial charge in [-0.3, -0.25) is 9.78 Å². The molecule has 0 aliphatic carbocycles. The van der Waals surface area contributed by atoms with E-state index < -0.39 is 0 Å². The molecule has 0 spiro atoms. The number of nitrogens with one attached hydrogen (secondary N) is 1. The Morgan fingerprint density at radius 1 is 1.16 bits per heavy atom. The van der Waals surface area contributed by atoms with E-state index in [-0.39, 0.29) is 22.5 Å². The van der Waals surface area contributed by atoms with E-state index in [0.717, 1.165) is 5.56 Å². The molecule has 4 N–H and O–H groups in total. The van der Waals surface area contributed by atoms with E-state index in [1.54, 1.807) is 36.7 Å². The van der Waals surface area contributed by atoms with Gasteiger partial charge in [0.2, 0.25) is 0 Å². The van der Waals surface area contributed by atoms with Gasteiger partial charge in [0.1, 0.15) is 28.2 Å². The molecule has 0 saturated carbocycles. The number of aryl methyl sites for hydroxylation is 1. The monoisotopic (exact) mass is 429 g/mol. The van der Waals surface area contributed by atoms with Gasteiger partial charge >= 0.3 is 0 Å². The van der Waals surface area contributed by atoms with E-state index in [4.69, 9.17) is 15.2 Å². The predicted octanol–water partition coefficient (Wildman–Crippen LogP) is 3.66. The van der Waals surface area contributed by atoms with Crippen molar-refractivity contribution in [2.75, 3.05) is 12.8 Å². The van der Waals surface area contributed by atoms with E-state index in [0.29, 0.717) is 39.4 Å². The van der Waals surface area contributed by atoms with Gasteiger partial charge < -0.3 is 25.3 Å². The molecule has 2 aromatic carbocycles. The number of nitrogens with two attached hydrogens (primary N) is 1. The lowest BCUT2D eigenvalue weighted by molar-refractivity contribution is 0.378. The van der Waals surface area contributed by atoms with Crippen LogP contribution < -0.4 is 20.8 Å². The van der Waals surface area contributed by atoms with Crippen LogP contribution in [0, 0.1) is 6.92 Å². The lowest BCUT2D eigenvalue weighted by Crippen LogP contribution is -2.09. The summed E-state index contributed by atoms with van der Waals surface area (Å²) in [6.07, 6.45) is 3.27. The first-order valence-electron chi connectivity index (χ1n) is 9.76. The number of aromatic amines is 1. The van der Waals surface area contributed by atoms with E-state index in [2.05, 4.69) is 15.1 Å². The summed E-state index contributed by atoms with van der Waals surface area (Å²) < 4.78 is 13.0. The van der Waals surface area contributed by atoms with E-state index in [1.165, 1.54) is 23.9 Å². The molecule has 3 heterocycles. The maximum Gasteiger partial charge on any atom is 0.261 e. The maximum atomic E-state index is 12.7. The number of aromatic nitrogens is 4. The highest BCUT2D eigenvalue weighted by molar-refractivity contribution is 6.07. The summed E-state index contributed by atoms with van der Waals surface area (Å²) in [4.78, 5) is 19.5. The van der Waals surface area contributed by atoms with Crippen molar-refractivity contribution in [1.82, 2.24) is 19.7 Å². The summed E-state index contributed by atoms with van der Waals surface area (Å²) in [7, 11) is 1.54. The van der Waals surface area contributed by atoms with Gasteiger partial charge in [-0.1, -0.05) is 0 Å². The zero-order chi connectivity index (χ0) is 22.4. The Balaban J connectivity index is 1.70. The maximum absolute atomic E-state index is 12.7. The van der Waals surface area contributed by atoms with Crippen LogP contribution >= 0.6 is 0 Å². The number of methoxy groups -OCH3 is 1. The molecule has 3 aromatic heterocycles. The third-order valence-corrected chi connectivity index (χ3v) is 5.23. The van der Waals surface area contributed by atoms with Crippen LogP contribution in [0.4, 0.5) is 5.82 Å². The number of phenolic OH excluding ortho intramolecular Hbond substituents is 1. The molecule has 0 aliphatic heterocycles. The molecule has 0 fully saturated rings. The van der Waals surface area contributed by atoms with Crippen molar-refractivity contribution in [2.45, 2.75) is 6.92 Å². The van der Waals surface area contributed by atoms with Crippen LogP contribution in [-0.2, 0) is 0 Å². The summed E-state index contributed by atoms with van der Waals surface area (Å²) >= 11 is 0. The minimum absolute atomic E-state index is 0.0460. The first kappa shape index (κ1) is 19.4. The van der Waals surface area contributed by atoms with Crippen molar-refractivity contribution in [1.29, 1.82) is 0 Å². The smallest absolute Gasteiger partial charge is 0.261 e. The number of anilines is 1. The molecule has 5 rings (SSSR count). The summed E-state index contributed by atoms with van der Waals surface area (Å²) in [6, 6.07) is 11.8. The molecule has 0 unspecified atom stereocenters. The fourth-order valence-corrected chi connectivity index (χ4v) is 3.71. The first-order chi connectivity index (χ1) is 15.5. The van der Waals surface area contributed by atoms with Gasteiger partial charge in [0.25, 0.3) is 5.56 Å². The number of aromatic hydroxyl groups is 1. The average Bonchev–Trinajstić information content (AvgIpc) is 3.12. The van der Waals surface area contributed by atoms with Crippen LogP contribution in [0.3, 0.4) is 0 Å². The van der Waals surface area contributed by atoms with Crippen LogP contribution in [0.1, 0.15) is 5.56 Å². The number of H-pyrrole nitrogens is 1. The Hall–Kier alpha value is -4.53. The Morgan fingerprint density at radius 2 is 2.00 bits per heavy atom. The molecule has 0 aliphatic rings. The number of hydrogen-bond acceptors (Lipinski definition) is 7. The lowest BCUT2D eigenvalue weighted by atomic mass is 10.1. The second-order valence-electron chi connectivity index (χ2n) is 7.29. The van der Waals surface area contributed by atoms with Gasteiger partial charge in [0.15, 0.2) is 11.5 Å². The standard InChI is InChI=1S/C23H19N5O4/c1-12-8-19(32-14-4-3-7-25-11-14)18(31-2)10-17(12)28-22(24)20-21(27-28)15-6-5-13(29)9-16(15)26-23(20)30/h3-11,29H,24H2,1-2H3,(H,26,30). The highest BCUT2D eigenvalue weighted by Gasteiger charge is 2.20. The zero-order valence-corrected chi connectivity index (χ0v) is 17.3. The van der Waals surface area contributed by atoms with Gasteiger partial charge in [-0.25, -0.2) is 4.68 Å². The van der Waals surface area contributed by atoms with Crippen LogP contribution in [-0.4, -0.2) is 32.0 Å². The number of benzene rings is 2. The topological polar surface area (TPSA) is 128 Å². The second kappa shape index (κ2) is 7.31. The minimum atomic E-state index is -0.386. The number of hydrogen-bond donors (Lipinski definition) is 3. The molecule has 0 bridgehead atoms. The number of fused-ring (bicyclic) bond motifs is 3. The summed E-state index contributed by atoms with van der Waals surface area (Å²) in [5.74, 6) is 1.79. The van der Waals surface area contributed by atoms with E-state index in [9.17, 15) is 9.90 Å². The summed E-state index contributed by atoms with van der Waals surface area (Å²) in [6.45, 7) is 1.89. The number of nitrogen functional groups attached to an aromatic ring is 1. The molecule has 0 amide bonds. The molecule has 5 aromatic rings. The van der Waals surface area contributed by atoms with Gasteiger partial charge in [-0.2, -0.15) is 5.10 Å². The van der Waals surface area contributed by atoms with Crippen molar-refractivity contribution in [2.24, 2.45) is 0 Å².